The Labute approximate surface area is 79.9 Å². The normalized spacial score (nSPS) is 17.4. The zero-order valence-corrected chi connectivity index (χ0v) is 9.35. The summed E-state index contributed by atoms with van der Waals surface area (Å²) in [5.41, 5.74) is -0.983. The fourth-order valence-electron chi connectivity index (χ4n) is 0.501. The van der Waals surface area contributed by atoms with Gasteiger partial charge in [-0.15, -0.1) is 0 Å². The molecule has 2 N–H and O–H groups in total. The Morgan fingerprint density at radius 1 is 1.46 bits per heavy atom. The molecular formula is C7H18N2O3S. The van der Waals surface area contributed by atoms with Gasteiger partial charge in [0, 0.05) is 20.6 Å². The van der Waals surface area contributed by atoms with Gasteiger partial charge in [0.1, 0.15) is 0 Å². The standard InChI is InChI=1S/C7H18N2O3S/c1-5-7(2,10)6-8-13(11,12)9(3)4/h8,10H,5-6H2,1-4H3. The van der Waals surface area contributed by atoms with Crippen LogP contribution in [0.25, 0.3) is 0 Å². The molecule has 0 aliphatic carbocycles. The molecule has 0 amide bonds. The molecule has 5 nitrogen and oxygen atoms in total. The summed E-state index contributed by atoms with van der Waals surface area (Å²) in [7, 11) is -0.551. The van der Waals surface area contributed by atoms with Gasteiger partial charge in [-0.2, -0.15) is 17.4 Å². The Morgan fingerprint density at radius 3 is 2.23 bits per heavy atom. The van der Waals surface area contributed by atoms with Gasteiger partial charge in [-0.05, 0) is 13.3 Å². The van der Waals surface area contributed by atoms with E-state index in [9.17, 15) is 13.5 Å². The smallest absolute Gasteiger partial charge is 0.279 e. The van der Waals surface area contributed by atoms with E-state index in [4.69, 9.17) is 0 Å². The molecule has 0 aromatic rings. The van der Waals surface area contributed by atoms with E-state index in [-0.39, 0.29) is 6.54 Å². The summed E-state index contributed by atoms with van der Waals surface area (Å²) in [5, 5.41) is 9.52. The van der Waals surface area contributed by atoms with E-state index in [1.54, 1.807) is 13.8 Å². The van der Waals surface area contributed by atoms with E-state index < -0.39 is 15.8 Å². The van der Waals surface area contributed by atoms with Gasteiger partial charge in [0.15, 0.2) is 0 Å². The predicted octanol–water partition coefficient (Wildman–Crippen LogP) is -0.457. The minimum Gasteiger partial charge on any atom is -0.389 e. The summed E-state index contributed by atoms with van der Waals surface area (Å²) < 4.78 is 25.8. The average molecular weight is 210 g/mol. The number of aliphatic hydroxyl groups is 1. The molecule has 0 aliphatic rings. The van der Waals surface area contributed by atoms with Gasteiger partial charge in [0.05, 0.1) is 5.60 Å². The first-order valence-corrected chi connectivity index (χ1v) is 5.55. The van der Waals surface area contributed by atoms with Gasteiger partial charge in [0.25, 0.3) is 10.2 Å². The third-order valence-electron chi connectivity index (χ3n) is 1.88. The second-order valence-corrected chi connectivity index (χ2v) is 5.43. The summed E-state index contributed by atoms with van der Waals surface area (Å²) in [4.78, 5) is 0. The molecule has 0 fully saturated rings. The van der Waals surface area contributed by atoms with Crippen molar-refractivity contribution >= 4 is 10.2 Å². The molecule has 0 heterocycles. The second-order valence-electron chi connectivity index (χ2n) is 3.46. The molecule has 0 rings (SSSR count). The summed E-state index contributed by atoms with van der Waals surface area (Å²) in [6.07, 6.45) is 0.503. The van der Waals surface area contributed by atoms with E-state index in [1.165, 1.54) is 14.1 Å². The van der Waals surface area contributed by atoms with Crippen LogP contribution in [0, 0.1) is 0 Å². The Morgan fingerprint density at radius 2 is 1.92 bits per heavy atom. The molecule has 1 atom stereocenters. The van der Waals surface area contributed by atoms with Crippen LogP contribution in [-0.4, -0.2) is 44.1 Å². The van der Waals surface area contributed by atoms with E-state index >= 15 is 0 Å². The highest BCUT2D eigenvalue weighted by Gasteiger charge is 2.21. The summed E-state index contributed by atoms with van der Waals surface area (Å²) in [5.74, 6) is 0. The highest BCUT2D eigenvalue weighted by atomic mass is 32.2. The molecule has 0 saturated carbocycles. The Bertz CT molecular complexity index is 246. The quantitative estimate of drug-likeness (QED) is 0.645. The number of nitrogens with zero attached hydrogens (tertiary/aromatic N) is 1. The van der Waals surface area contributed by atoms with E-state index in [0.29, 0.717) is 6.42 Å². The summed E-state index contributed by atoms with van der Waals surface area (Å²) in [6.45, 7) is 3.42. The van der Waals surface area contributed by atoms with Gasteiger partial charge in [-0.3, -0.25) is 0 Å². The number of nitrogens with one attached hydrogen (secondary N) is 1. The van der Waals surface area contributed by atoms with Crippen LogP contribution in [0.3, 0.4) is 0 Å². The molecule has 13 heavy (non-hydrogen) atoms. The van der Waals surface area contributed by atoms with Crippen molar-refractivity contribution in [3.05, 3.63) is 0 Å². The predicted molar refractivity (Wildman–Crippen MR) is 51.5 cm³/mol. The number of hydrogen-bond donors (Lipinski definition) is 2. The van der Waals surface area contributed by atoms with Crippen LogP contribution in [0.2, 0.25) is 0 Å². The molecule has 0 spiro atoms. The molecule has 0 aromatic carbocycles. The van der Waals surface area contributed by atoms with Crippen LogP contribution in [0.5, 0.6) is 0 Å². The van der Waals surface area contributed by atoms with Crippen LogP contribution in [0.15, 0.2) is 0 Å². The Kier molecular flexibility index (Phi) is 4.31. The van der Waals surface area contributed by atoms with E-state index in [1.807, 2.05) is 0 Å². The lowest BCUT2D eigenvalue weighted by Gasteiger charge is -2.22. The minimum absolute atomic E-state index is 0.0318. The zero-order chi connectivity index (χ0) is 10.7. The summed E-state index contributed by atoms with van der Waals surface area (Å²) in [6, 6.07) is 0. The van der Waals surface area contributed by atoms with Crippen LogP contribution in [0.4, 0.5) is 0 Å². The largest absolute Gasteiger partial charge is 0.389 e. The highest BCUT2D eigenvalue weighted by Crippen LogP contribution is 2.06. The van der Waals surface area contributed by atoms with Crippen LogP contribution in [0.1, 0.15) is 20.3 Å². The monoisotopic (exact) mass is 210 g/mol. The van der Waals surface area contributed by atoms with Crippen molar-refractivity contribution in [1.82, 2.24) is 9.03 Å². The lowest BCUT2D eigenvalue weighted by molar-refractivity contribution is 0.0610. The number of rotatable bonds is 5. The third-order valence-corrected chi connectivity index (χ3v) is 3.35. The maximum atomic E-state index is 11.2. The van der Waals surface area contributed by atoms with Crippen LogP contribution >= 0.6 is 0 Å². The second kappa shape index (κ2) is 4.36. The Hall–Kier alpha value is -0.170. The minimum atomic E-state index is -3.42. The molecule has 0 saturated heterocycles. The van der Waals surface area contributed by atoms with Crippen molar-refractivity contribution in [2.45, 2.75) is 25.9 Å². The molecule has 0 aromatic heterocycles. The maximum Gasteiger partial charge on any atom is 0.279 e. The van der Waals surface area contributed by atoms with Gasteiger partial charge >= 0.3 is 0 Å². The first-order chi connectivity index (χ1) is 5.71. The SMILES string of the molecule is CCC(C)(O)CNS(=O)(=O)N(C)C. The fourth-order valence-corrected chi connectivity index (χ4v) is 1.25. The first kappa shape index (κ1) is 12.8. The van der Waals surface area contributed by atoms with Crippen molar-refractivity contribution in [3.63, 3.8) is 0 Å². The third kappa shape index (κ3) is 4.56. The molecular weight excluding hydrogens is 192 g/mol. The summed E-state index contributed by atoms with van der Waals surface area (Å²) >= 11 is 0. The van der Waals surface area contributed by atoms with Crippen molar-refractivity contribution in [1.29, 1.82) is 0 Å². The first-order valence-electron chi connectivity index (χ1n) is 4.11. The lowest BCUT2D eigenvalue weighted by atomic mass is 10.1. The molecule has 0 aliphatic heterocycles. The lowest BCUT2D eigenvalue weighted by Crippen LogP contribution is -2.44. The van der Waals surface area contributed by atoms with E-state index in [0.717, 1.165) is 4.31 Å². The highest BCUT2D eigenvalue weighted by molar-refractivity contribution is 7.87. The van der Waals surface area contributed by atoms with Gasteiger partial charge in [0.2, 0.25) is 0 Å². The molecule has 1 unspecified atom stereocenters. The molecule has 80 valence electrons. The Balaban J connectivity index is 4.19. The van der Waals surface area contributed by atoms with Crippen LogP contribution < -0.4 is 4.72 Å². The van der Waals surface area contributed by atoms with Crippen molar-refractivity contribution < 1.29 is 13.5 Å². The average Bonchev–Trinajstić information content (AvgIpc) is 2.01. The van der Waals surface area contributed by atoms with E-state index in [2.05, 4.69) is 4.72 Å². The zero-order valence-electron chi connectivity index (χ0n) is 8.53. The number of hydrogen-bond acceptors (Lipinski definition) is 3. The topological polar surface area (TPSA) is 69.6 Å². The molecule has 0 radical (unpaired) electrons. The van der Waals surface area contributed by atoms with Gasteiger partial charge in [-0.25, -0.2) is 0 Å². The van der Waals surface area contributed by atoms with Crippen LogP contribution in [-0.2, 0) is 10.2 Å². The van der Waals surface area contributed by atoms with Gasteiger partial charge in [-0.1, -0.05) is 6.92 Å². The fraction of sp³-hybridized carbons (Fsp3) is 1.00. The maximum absolute atomic E-state index is 11.2. The van der Waals surface area contributed by atoms with Gasteiger partial charge < -0.3 is 5.11 Å². The molecule has 6 heteroatoms. The molecule has 0 bridgehead atoms. The van der Waals surface area contributed by atoms with Crippen molar-refractivity contribution in [2.24, 2.45) is 0 Å². The van der Waals surface area contributed by atoms with Crippen molar-refractivity contribution in [3.8, 4) is 0 Å². The van der Waals surface area contributed by atoms with Crippen molar-refractivity contribution in [2.75, 3.05) is 20.6 Å².